The van der Waals surface area contributed by atoms with E-state index in [2.05, 4.69) is 15.0 Å². The van der Waals surface area contributed by atoms with Gasteiger partial charge < -0.3 is 14.8 Å². The molecular weight excluding hydrogens is 476 g/mol. The minimum absolute atomic E-state index is 0.0233. The number of amides is 3. The molecule has 176 valence electrons. The molecule has 1 aliphatic rings. The predicted octanol–water partition coefficient (Wildman–Crippen LogP) is 3.71. The Bertz CT molecular complexity index is 1070. The third-order valence-corrected chi connectivity index (χ3v) is 6.43. The zero-order valence-electron chi connectivity index (χ0n) is 17.8. The molecule has 1 aliphatic heterocycles. The van der Waals surface area contributed by atoms with Crippen LogP contribution in [0.2, 0.25) is 0 Å². The number of thiazole rings is 1. The number of hydrogen-bond donors (Lipinski definition) is 1. The summed E-state index contributed by atoms with van der Waals surface area (Å²) < 4.78 is 34.4. The van der Waals surface area contributed by atoms with Crippen molar-refractivity contribution in [3.63, 3.8) is 0 Å². The van der Waals surface area contributed by atoms with E-state index in [0.29, 0.717) is 11.3 Å². The Morgan fingerprint density at radius 2 is 2.09 bits per heavy atom. The third-order valence-electron chi connectivity index (χ3n) is 4.48. The lowest BCUT2D eigenvalue weighted by Gasteiger charge is -2.13. The van der Waals surface area contributed by atoms with E-state index in [-0.39, 0.29) is 41.8 Å². The highest BCUT2D eigenvalue weighted by atomic mass is 32.2. The molecule has 1 saturated heterocycles. The van der Waals surface area contributed by atoms with E-state index in [1.54, 1.807) is 0 Å². The lowest BCUT2D eigenvalue weighted by molar-refractivity contribution is -0.124. The number of thioether (sulfide) groups is 1. The third kappa shape index (κ3) is 6.51. The van der Waals surface area contributed by atoms with Gasteiger partial charge in [0.25, 0.3) is 11.1 Å². The fraction of sp³-hybridized carbons (Fsp3) is 0.333. The van der Waals surface area contributed by atoms with Gasteiger partial charge in [0.15, 0.2) is 11.5 Å². The van der Waals surface area contributed by atoms with Gasteiger partial charge in [-0.2, -0.15) is 8.78 Å². The van der Waals surface area contributed by atoms with E-state index >= 15 is 0 Å². The molecule has 0 spiro atoms. The van der Waals surface area contributed by atoms with Crippen LogP contribution >= 0.6 is 23.1 Å². The Labute approximate surface area is 197 Å². The monoisotopic (exact) mass is 497 g/mol. The van der Waals surface area contributed by atoms with E-state index < -0.39 is 17.8 Å². The first kappa shape index (κ1) is 24.6. The fourth-order valence-electron chi connectivity index (χ4n) is 2.94. The molecule has 0 aliphatic carbocycles. The summed E-state index contributed by atoms with van der Waals surface area (Å²) in [6, 6.07) is 4.19. The van der Waals surface area contributed by atoms with Gasteiger partial charge in [0.1, 0.15) is 0 Å². The van der Waals surface area contributed by atoms with Gasteiger partial charge in [0.05, 0.1) is 29.1 Å². The molecule has 0 radical (unpaired) electrons. The number of nitrogens with one attached hydrogen (secondary N) is 1. The minimum Gasteiger partial charge on any atom is -0.493 e. The summed E-state index contributed by atoms with van der Waals surface area (Å²) in [4.78, 5) is 42.5. The van der Waals surface area contributed by atoms with Crippen molar-refractivity contribution in [3.8, 4) is 11.5 Å². The number of carbonyl (C=O) groups excluding carboxylic acids is 3. The van der Waals surface area contributed by atoms with E-state index in [1.807, 2.05) is 12.3 Å². The van der Waals surface area contributed by atoms with E-state index in [0.717, 1.165) is 28.1 Å². The fourth-order valence-corrected chi connectivity index (χ4v) is 4.55. The molecule has 2 aromatic rings. The van der Waals surface area contributed by atoms with Gasteiger partial charge in [-0.25, -0.2) is 4.98 Å². The Morgan fingerprint density at radius 1 is 1.30 bits per heavy atom. The number of ether oxygens (including phenoxy) is 2. The average Bonchev–Trinajstić information content (AvgIpc) is 3.33. The maximum absolute atomic E-state index is 12.6. The Kier molecular flexibility index (Phi) is 8.39. The predicted molar refractivity (Wildman–Crippen MR) is 121 cm³/mol. The van der Waals surface area contributed by atoms with Crippen molar-refractivity contribution in [2.24, 2.45) is 0 Å². The maximum atomic E-state index is 12.6. The molecule has 0 bridgehead atoms. The van der Waals surface area contributed by atoms with Crippen LogP contribution in [-0.2, 0) is 22.4 Å². The minimum atomic E-state index is -3.00. The van der Waals surface area contributed by atoms with E-state index in [1.165, 1.54) is 42.7 Å². The molecule has 12 heteroatoms. The molecular formula is C21H21F2N3O5S2. The second-order valence-electron chi connectivity index (χ2n) is 6.74. The van der Waals surface area contributed by atoms with Crippen molar-refractivity contribution < 1.29 is 32.6 Å². The second kappa shape index (κ2) is 11.2. The van der Waals surface area contributed by atoms with Gasteiger partial charge in [0, 0.05) is 18.5 Å². The highest BCUT2D eigenvalue weighted by molar-refractivity contribution is 8.18. The number of aromatic nitrogens is 1. The first-order chi connectivity index (χ1) is 15.8. The summed E-state index contributed by atoms with van der Waals surface area (Å²) >= 11 is 2.25. The van der Waals surface area contributed by atoms with Crippen LogP contribution in [0.25, 0.3) is 6.08 Å². The smallest absolute Gasteiger partial charge is 0.387 e. The summed E-state index contributed by atoms with van der Waals surface area (Å²) in [6.07, 6.45) is 2.40. The molecule has 3 rings (SSSR count). The highest BCUT2D eigenvalue weighted by Crippen LogP contribution is 2.34. The molecule has 1 fully saturated rings. The molecule has 0 atom stereocenters. The number of imide groups is 1. The topological polar surface area (TPSA) is 97.8 Å². The molecule has 1 aromatic heterocycles. The number of rotatable bonds is 10. The van der Waals surface area contributed by atoms with Crippen LogP contribution in [0, 0.1) is 0 Å². The summed E-state index contributed by atoms with van der Waals surface area (Å²) in [5, 5.41) is 5.01. The van der Waals surface area contributed by atoms with Gasteiger partial charge in [-0.15, -0.1) is 11.3 Å². The van der Waals surface area contributed by atoms with Gasteiger partial charge in [-0.05, 0) is 42.0 Å². The van der Waals surface area contributed by atoms with Crippen LogP contribution in [0.4, 0.5) is 13.6 Å². The molecule has 3 amide bonds. The maximum Gasteiger partial charge on any atom is 0.387 e. The van der Waals surface area contributed by atoms with Gasteiger partial charge in [-0.1, -0.05) is 13.0 Å². The van der Waals surface area contributed by atoms with E-state index in [4.69, 9.17) is 4.74 Å². The summed E-state index contributed by atoms with van der Waals surface area (Å²) in [5.41, 5.74) is 1.16. The Morgan fingerprint density at radius 3 is 2.76 bits per heavy atom. The molecule has 0 saturated carbocycles. The molecule has 0 unspecified atom stereocenters. The zero-order chi connectivity index (χ0) is 24.0. The van der Waals surface area contributed by atoms with Gasteiger partial charge >= 0.3 is 6.61 Å². The Hall–Kier alpha value is -2.99. The number of alkyl halides is 2. The first-order valence-corrected chi connectivity index (χ1v) is 11.6. The normalized spacial score (nSPS) is 14.9. The van der Waals surface area contributed by atoms with Crippen LogP contribution < -0.4 is 14.8 Å². The number of methoxy groups -OCH3 is 1. The first-order valence-electron chi connectivity index (χ1n) is 9.89. The molecule has 8 nitrogen and oxygen atoms in total. The number of halogens is 2. The van der Waals surface area contributed by atoms with Gasteiger partial charge in [0.2, 0.25) is 5.91 Å². The molecule has 33 heavy (non-hydrogen) atoms. The highest BCUT2D eigenvalue weighted by Gasteiger charge is 2.34. The zero-order valence-corrected chi connectivity index (χ0v) is 19.4. The van der Waals surface area contributed by atoms with Crippen LogP contribution in [0.3, 0.4) is 0 Å². The van der Waals surface area contributed by atoms with Crippen molar-refractivity contribution >= 4 is 46.2 Å². The van der Waals surface area contributed by atoms with Crippen molar-refractivity contribution in [3.05, 3.63) is 44.7 Å². The largest absolute Gasteiger partial charge is 0.493 e. The van der Waals surface area contributed by atoms with Crippen LogP contribution in [-0.4, -0.2) is 53.7 Å². The molecule has 2 heterocycles. The number of nitrogens with zero attached hydrogens (tertiary/aromatic N) is 2. The Balaban J connectivity index is 1.57. The summed E-state index contributed by atoms with van der Waals surface area (Å²) in [5.74, 6) is -0.823. The number of hydrogen-bond acceptors (Lipinski definition) is 8. The van der Waals surface area contributed by atoms with Crippen molar-refractivity contribution in [1.82, 2.24) is 15.2 Å². The molecule has 1 N–H and O–H groups in total. The SMILES string of the molecule is CCc1nc(CC(=O)NCCN2C(=O)SC(=Cc3ccc(OC(F)F)c(OC)c3)C2=O)cs1. The average molecular weight is 498 g/mol. The standard InChI is InChI=1S/C21H21F2N3O5S2/c1-3-18-25-13(11-32-18)10-17(27)24-6-7-26-19(28)16(33-21(26)29)9-12-4-5-14(31-20(22)23)15(8-12)30-2/h4-5,8-9,11,20H,3,6-7,10H2,1-2H3,(H,24,27). The van der Waals surface area contributed by atoms with E-state index in [9.17, 15) is 23.2 Å². The van der Waals surface area contributed by atoms with Crippen LogP contribution in [0.15, 0.2) is 28.5 Å². The van der Waals surface area contributed by atoms with Crippen molar-refractivity contribution in [2.75, 3.05) is 20.2 Å². The summed E-state index contributed by atoms with van der Waals surface area (Å²) in [7, 11) is 1.30. The number of carbonyl (C=O) groups is 3. The second-order valence-corrected chi connectivity index (χ2v) is 8.67. The van der Waals surface area contributed by atoms with Crippen molar-refractivity contribution in [2.45, 2.75) is 26.4 Å². The van der Waals surface area contributed by atoms with Crippen LogP contribution in [0.1, 0.15) is 23.2 Å². The lowest BCUT2D eigenvalue weighted by Crippen LogP contribution is -2.37. The van der Waals surface area contributed by atoms with Crippen molar-refractivity contribution in [1.29, 1.82) is 0 Å². The van der Waals surface area contributed by atoms with Gasteiger partial charge in [-0.3, -0.25) is 19.3 Å². The summed E-state index contributed by atoms with van der Waals surface area (Å²) in [6.45, 7) is -0.879. The quantitative estimate of drug-likeness (QED) is 0.500. The number of aryl methyl sites for hydroxylation is 1. The van der Waals surface area contributed by atoms with Crippen LogP contribution in [0.5, 0.6) is 11.5 Å². The number of benzene rings is 1. The molecule has 1 aromatic carbocycles. The lowest BCUT2D eigenvalue weighted by atomic mass is 10.2.